The molecule has 0 radical (unpaired) electrons. The Morgan fingerprint density at radius 1 is 1.50 bits per heavy atom. The fraction of sp³-hybridized carbons (Fsp3) is 0.667. The molecule has 0 bridgehead atoms. The summed E-state index contributed by atoms with van der Waals surface area (Å²) in [5.74, 6) is -1.54. The van der Waals surface area contributed by atoms with Crippen molar-refractivity contribution in [1.82, 2.24) is 0 Å². The average molecular weight is 176 g/mol. The Bertz CT molecular complexity index is 202. The number of hydrogen-bond donors (Lipinski definition) is 3. The van der Waals surface area contributed by atoms with Crippen molar-refractivity contribution >= 4 is 12.3 Å². The van der Waals surface area contributed by atoms with Crippen molar-refractivity contribution in [2.24, 2.45) is 0 Å². The molecule has 6 nitrogen and oxygen atoms in total. The fourth-order valence-electron chi connectivity index (χ4n) is 0.846. The Morgan fingerprint density at radius 2 is 2.08 bits per heavy atom. The molecule has 0 unspecified atom stereocenters. The molecule has 1 aliphatic heterocycles. The van der Waals surface area contributed by atoms with Crippen molar-refractivity contribution in [3.8, 4) is 0 Å². The first-order valence-corrected chi connectivity index (χ1v) is 3.27. The third-order valence-corrected chi connectivity index (χ3v) is 1.61. The van der Waals surface area contributed by atoms with E-state index in [2.05, 4.69) is 4.74 Å². The second-order valence-electron chi connectivity index (χ2n) is 2.48. The number of ether oxygens (including phenoxy) is 1. The number of aliphatic hydroxyl groups excluding tert-OH is 2. The Labute approximate surface area is 67.4 Å². The molecule has 1 rings (SSSR count). The van der Waals surface area contributed by atoms with Gasteiger partial charge in [-0.2, -0.15) is 0 Å². The Morgan fingerprint density at radius 3 is 2.42 bits per heavy atom. The lowest BCUT2D eigenvalue weighted by Crippen LogP contribution is -2.38. The van der Waals surface area contributed by atoms with Gasteiger partial charge in [0.25, 0.3) is 0 Å². The van der Waals surface area contributed by atoms with E-state index in [9.17, 15) is 9.59 Å². The van der Waals surface area contributed by atoms with E-state index in [0.29, 0.717) is 6.29 Å². The number of aliphatic carboxylic acids is 1. The number of carboxylic acid groups (broad SMARTS) is 1. The van der Waals surface area contributed by atoms with Gasteiger partial charge >= 0.3 is 5.97 Å². The van der Waals surface area contributed by atoms with Crippen molar-refractivity contribution in [2.75, 3.05) is 0 Å². The monoisotopic (exact) mass is 176 g/mol. The summed E-state index contributed by atoms with van der Waals surface area (Å²) in [6.45, 7) is 0. The Kier molecular flexibility index (Phi) is 2.41. The van der Waals surface area contributed by atoms with Gasteiger partial charge in [-0.25, -0.2) is 4.79 Å². The number of hydrogen-bond acceptors (Lipinski definition) is 5. The van der Waals surface area contributed by atoms with Crippen molar-refractivity contribution in [2.45, 2.75) is 24.4 Å². The lowest BCUT2D eigenvalue weighted by molar-refractivity contribution is -0.153. The van der Waals surface area contributed by atoms with E-state index in [1.54, 1.807) is 0 Å². The summed E-state index contributed by atoms with van der Waals surface area (Å²) in [6.07, 6.45) is -4.66. The van der Waals surface area contributed by atoms with Crippen molar-refractivity contribution in [3.63, 3.8) is 0 Å². The second kappa shape index (κ2) is 3.18. The highest BCUT2D eigenvalue weighted by Gasteiger charge is 2.48. The molecule has 0 spiro atoms. The number of carbonyl (C=O) groups excluding carboxylic acids is 1. The minimum atomic E-state index is -1.90. The highest BCUT2D eigenvalue weighted by atomic mass is 16.6. The summed E-state index contributed by atoms with van der Waals surface area (Å²) < 4.78 is 4.56. The highest BCUT2D eigenvalue weighted by Crippen LogP contribution is 2.25. The SMILES string of the molecule is O=C[C@H]1O[C@H]1[C@H](O)[C@@H](O)C(=O)O. The van der Waals surface area contributed by atoms with Gasteiger partial charge in [0.15, 0.2) is 12.4 Å². The number of carbonyl (C=O) groups is 2. The molecular formula is C6H8O6. The number of rotatable bonds is 4. The molecule has 0 saturated carbocycles. The molecule has 4 atom stereocenters. The fourth-order valence-corrected chi connectivity index (χ4v) is 0.846. The smallest absolute Gasteiger partial charge is 0.335 e. The van der Waals surface area contributed by atoms with Crippen LogP contribution in [-0.4, -0.2) is 52.0 Å². The predicted octanol–water partition coefficient (Wildman–Crippen LogP) is -2.24. The summed E-state index contributed by atoms with van der Waals surface area (Å²) in [5.41, 5.74) is 0. The molecule has 3 N–H and O–H groups in total. The number of aldehydes is 1. The number of epoxide rings is 1. The molecule has 6 heteroatoms. The van der Waals surface area contributed by atoms with Crippen LogP contribution < -0.4 is 0 Å². The zero-order chi connectivity index (χ0) is 9.30. The van der Waals surface area contributed by atoms with E-state index >= 15 is 0 Å². The maximum absolute atomic E-state index is 10.1. The summed E-state index contributed by atoms with van der Waals surface area (Å²) in [7, 11) is 0. The zero-order valence-corrected chi connectivity index (χ0v) is 5.95. The largest absolute Gasteiger partial charge is 0.479 e. The van der Waals surface area contributed by atoms with Crippen LogP contribution in [0.25, 0.3) is 0 Å². The molecule has 0 amide bonds. The predicted molar refractivity (Wildman–Crippen MR) is 34.4 cm³/mol. The van der Waals surface area contributed by atoms with Crippen LogP contribution in [-0.2, 0) is 14.3 Å². The lowest BCUT2D eigenvalue weighted by atomic mass is 10.1. The summed E-state index contributed by atoms with van der Waals surface area (Å²) in [5, 5.41) is 26.0. The lowest BCUT2D eigenvalue weighted by Gasteiger charge is -2.09. The van der Waals surface area contributed by atoms with Crippen molar-refractivity contribution in [3.05, 3.63) is 0 Å². The Hall–Kier alpha value is -0.980. The molecule has 0 aromatic carbocycles. The molecule has 1 heterocycles. The summed E-state index contributed by atoms with van der Waals surface area (Å²) in [6, 6.07) is 0. The van der Waals surface area contributed by atoms with Crippen LogP contribution in [0.4, 0.5) is 0 Å². The zero-order valence-electron chi connectivity index (χ0n) is 5.95. The number of carboxylic acids is 1. The quantitative estimate of drug-likeness (QED) is 0.330. The third kappa shape index (κ3) is 1.60. The molecular weight excluding hydrogens is 168 g/mol. The highest BCUT2D eigenvalue weighted by molar-refractivity contribution is 5.73. The van der Waals surface area contributed by atoms with Crippen LogP contribution in [0.1, 0.15) is 0 Å². The van der Waals surface area contributed by atoms with Crippen LogP contribution in [0.15, 0.2) is 0 Å². The molecule has 1 saturated heterocycles. The van der Waals surface area contributed by atoms with Crippen LogP contribution in [0.2, 0.25) is 0 Å². The molecule has 12 heavy (non-hydrogen) atoms. The molecule has 1 fully saturated rings. The van der Waals surface area contributed by atoms with Gasteiger partial charge in [-0.05, 0) is 0 Å². The van der Waals surface area contributed by atoms with E-state index in [1.165, 1.54) is 0 Å². The second-order valence-corrected chi connectivity index (χ2v) is 2.48. The maximum atomic E-state index is 10.1. The standard InChI is InChI=1S/C6H8O6/c7-1-2-5(12-2)3(8)4(9)6(10)11/h1-5,8-9H,(H,10,11)/t2-,3-,4-,5-/m1/s1. The topological polar surface area (TPSA) is 107 Å². The van der Waals surface area contributed by atoms with Gasteiger partial charge in [-0.15, -0.1) is 0 Å². The molecule has 68 valence electrons. The van der Waals surface area contributed by atoms with Gasteiger partial charge < -0.3 is 24.9 Å². The van der Waals surface area contributed by atoms with E-state index in [1.807, 2.05) is 0 Å². The van der Waals surface area contributed by atoms with Crippen LogP contribution in [0.5, 0.6) is 0 Å². The third-order valence-electron chi connectivity index (χ3n) is 1.61. The summed E-state index contributed by atoms with van der Waals surface area (Å²) >= 11 is 0. The normalized spacial score (nSPS) is 32.2. The first kappa shape index (κ1) is 9.11. The molecule has 1 aliphatic rings. The molecule has 0 aromatic heterocycles. The average Bonchev–Trinajstić information content (AvgIpc) is 2.80. The van der Waals surface area contributed by atoms with E-state index in [0.717, 1.165) is 0 Å². The van der Waals surface area contributed by atoms with Crippen molar-refractivity contribution in [1.29, 1.82) is 0 Å². The van der Waals surface area contributed by atoms with Gasteiger partial charge in [-0.1, -0.05) is 0 Å². The summed E-state index contributed by atoms with van der Waals surface area (Å²) in [4.78, 5) is 20.1. The van der Waals surface area contributed by atoms with Crippen LogP contribution in [0.3, 0.4) is 0 Å². The minimum absolute atomic E-state index is 0.447. The van der Waals surface area contributed by atoms with E-state index < -0.39 is 30.4 Å². The molecule has 0 aliphatic carbocycles. The van der Waals surface area contributed by atoms with E-state index in [4.69, 9.17) is 15.3 Å². The first-order chi connectivity index (χ1) is 5.57. The van der Waals surface area contributed by atoms with E-state index in [-0.39, 0.29) is 0 Å². The molecule has 0 aromatic rings. The van der Waals surface area contributed by atoms with Gasteiger partial charge in [0.1, 0.15) is 18.3 Å². The first-order valence-electron chi connectivity index (χ1n) is 3.27. The minimum Gasteiger partial charge on any atom is -0.479 e. The van der Waals surface area contributed by atoms with Gasteiger partial charge in [0.05, 0.1) is 0 Å². The van der Waals surface area contributed by atoms with Gasteiger partial charge in [0, 0.05) is 0 Å². The Balaban J connectivity index is 2.44. The number of aliphatic hydroxyl groups is 2. The van der Waals surface area contributed by atoms with Crippen molar-refractivity contribution < 1.29 is 29.6 Å². The van der Waals surface area contributed by atoms with Gasteiger partial charge in [0.2, 0.25) is 0 Å². The van der Waals surface area contributed by atoms with Crippen LogP contribution >= 0.6 is 0 Å². The van der Waals surface area contributed by atoms with Gasteiger partial charge in [-0.3, -0.25) is 0 Å². The maximum Gasteiger partial charge on any atom is 0.335 e. The van der Waals surface area contributed by atoms with Crippen LogP contribution in [0, 0.1) is 0 Å².